The van der Waals surface area contributed by atoms with Crippen LogP contribution in [0.1, 0.15) is 20.3 Å². The molecule has 0 aliphatic rings. The van der Waals surface area contributed by atoms with Crippen LogP contribution in [-0.4, -0.2) is 28.5 Å². The maximum absolute atomic E-state index is 8.90. The van der Waals surface area contributed by atoms with Gasteiger partial charge in [0.15, 0.2) is 10.3 Å². The maximum atomic E-state index is 8.90. The first-order chi connectivity index (χ1) is 7.44. The zero-order valence-electron chi connectivity index (χ0n) is 9.30. The molecule has 0 saturated carbocycles. The molecule has 0 amide bonds. The molecule has 1 aromatic rings. The van der Waals surface area contributed by atoms with Gasteiger partial charge in [-0.15, -0.1) is 10.2 Å². The van der Waals surface area contributed by atoms with Gasteiger partial charge in [0, 0.05) is 19.2 Å². The van der Waals surface area contributed by atoms with Crippen molar-refractivity contribution in [3.63, 3.8) is 0 Å². The normalized spacial score (nSPS) is 11.6. The highest BCUT2D eigenvalue weighted by Crippen LogP contribution is 2.25. The van der Waals surface area contributed by atoms with Crippen molar-refractivity contribution in [3.8, 4) is 0 Å². The molecule has 0 aliphatic heterocycles. The number of hydrogen-bond acceptors (Lipinski definition) is 4. The van der Waals surface area contributed by atoms with Crippen LogP contribution in [0, 0.1) is 5.41 Å². The van der Waals surface area contributed by atoms with Gasteiger partial charge in [-0.05, 0) is 11.8 Å². The molecule has 0 fully saturated rings. The van der Waals surface area contributed by atoms with Crippen LogP contribution in [0.3, 0.4) is 0 Å². The predicted molar refractivity (Wildman–Crippen MR) is 66.0 cm³/mol. The van der Waals surface area contributed by atoms with Crippen molar-refractivity contribution in [3.05, 3.63) is 16.4 Å². The Morgan fingerprint density at radius 3 is 2.69 bits per heavy atom. The topological polar surface area (TPSA) is 58.0 Å². The second-order valence-electron chi connectivity index (χ2n) is 4.36. The molecule has 1 rings (SSSR count). The Labute approximate surface area is 105 Å². The van der Waals surface area contributed by atoms with Gasteiger partial charge in [-0.2, -0.15) is 0 Å². The molecule has 0 spiro atoms. The fourth-order valence-electron chi connectivity index (χ4n) is 1.20. The average Bonchev–Trinajstić information content (AvgIpc) is 2.19. The number of rotatable bonds is 5. The van der Waals surface area contributed by atoms with Gasteiger partial charge in [0.1, 0.15) is 0 Å². The maximum Gasteiger partial charge on any atom is 0.174 e. The molecule has 90 valence electrons. The van der Waals surface area contributed by atoms with E-state index in [-0.39, 0.29) is 12.0 Å². The lowest BCUT2D eigenvalue weighted by Gasteiger charge is -2.24. The summed E-state index contributed by atoms with van der Waals surface area (Å²) in [6.07, 6.45) is 0.712. The van der Waals surface area contributed by atoms with Crippen LogP contribution >= 0.6 is 23.2 Å². The summed E-state index contributed by atoms with van der Waals surface area (Å²) in [4.78, 5) is 0. The highest BCUT2D eigenvalue weighted by molar-refractivity contribution is 6.33. The Balaban J connectivity index is 2.63. The Morgan fingerprint density at radius 1 is 1.38 bits per heavy atom. The summed E-state index contributed by atoms with van der Waals surface area (Å²) in [6.45, 7) is 4.95. The van der Waals surface area contributed by atoms with Crippen molar-refractivity contribution in [2.75, 3.05) is 18.5 Å². The highest BCUT2D eigenvalue weighted by Gasteiger charge is 2.17. The largest absolute Gasteiger partial charge is 0.396 e. The molecule has 16 heavy (non-hydrogen) atoms. The first-order valence-electron chi connectivity index (χ1n) is 4.98. The third-order valence-electron chi connectivity index (χ3n) is 2.26. The van der Waals surface area contributed by atoms with E-state index in [1.54, 1.807) is 6.07 Å². The fourth-order valence-corrected chi connectivity index (χ4v) is 1.51. The summed E-state index contributed by atoms with van der Waals surface area (Å²) >= 11 is 11.6. The van der Waals surface area contributed by atoms with Crippen molar-refractivity contribution in [1.82, 2.24) is 10.2 Å². The van der Waals surface area contributed by atoms with Gasteiger partial charge >= 0.3 is 0 Å². The van der Waals surface area contributed by atoms with Gasteiger partial charge in [0.25, 0.3) is 0 Å². The predicted octanol–water partition coefficient (Wildman–Crippen LogP) is 2.60. The second kappa shape index (κ2) is 5.66. The number of aliphatic hydroxyl groups is 1. The average molecular weight is 264 g/mol. The summed E-state index contributed by atoms with van der Waals surface area (Å²) in [5, 5.41) is 20.0. The van der Waals surface area contributed by atoms with Crippen LogP contribution in [0.15, 0.2) is 6.07 Å². The lowest BCUT2D eigenvalue weighted by Crippen LogP contribution is -2.24. The fraction of sp³-hybridized carbons (Fsp3) is 0.600. The van der Waals surface area contributed by atoms with Crippen LogP contribution in [0.5, 0.6) is 0 Å². The molecule has 0 bridgehead atoms. The molecule has 0 aromatic carbocycles. The van der Waals surface area contributed by atoms with E-state index in [0.717, 1.165) is 0 Å². The van der Waals surface area contributed by atoms with Gasteiger partial charge in [-0.25, -0.2) is 0 Å². The van der Waals surface area contributed by atoms with Crippen LogP contribution in [-0.2, 0) is 0 Å². The number of halogens is 2. The van der Waals surface area contributed by atoms with Gasteiger partial charge in [-0.3, -0.25) is 0 Å². The van der Waals surface area contributed by atoms with Crippen molar-refractivity contribution in [1.29, 1.82) is 0 Å². The Hall–Kier alpha value is -0.580. The minimum Gasteiger partial charge on any atom is -0.396 e. The zero-order chi connectivity index (χ0) is 12.2. The standard InChI is InChI=1S/C10H15Cl2N3O/c1-10(2,3-4-16)6-13-7-5-8(11)14-15-9(7)12/h5,16H,3-4,6H2,1-2H3,(H,13,14). The third-order valence-corrected chi connectivity index (χ3v) is 2.73. The molecule has 0 unspecified atom stereocenters. The quantitative estimate of drug-likeness (QED) is 0.858. The minimum absolute atomic E-state index is 0.0200. The minimum atomic E-state index is -0.0200. The number of aromatic nitrogens is 2. The number of aliphatic hydroxyl groups excluding tert-OH is 1. The Morgan fingerprint density at radius 2 is 2.06 bits per heavy atom. The number of nitrogens with zero attached hydrogens (tertiary/aromatic N) is 2. The van der Waals surface area contributed by atoms with E-state index in [9.17, 15) is 0 Å². The molecule has 1 aromatic heterocycles. The van der Waals surface area contributed by atoms with E-state index in [2.05, 4.69) is 29.4 Å². The molecular weight excluding hydrogens is 249 g/mol. The van der Waals surface area contributed by atoms with E-state index >= 15 is 0 Å². The third kappa shape index (κ3) is 4.12. The molecule has 6 heteroatoms. The van der Waals surface area contributed by atoms with Crippen LogP contribution < -0.4 is 5.32 Å². The summed E-state index contributed by atoms with van der Waals surface area (Å²) in [6, 6.07) is 1.63. The summed E-state index contributed by atoms with van der Waals surface area (Å²) in [7, 11) is 0. The van der Waals surface area contributed by atoms with Crippen LogP contribution in [0.25, 0.3) is 0 Å². The van der Waals surface area contributed by atoms with E-state index in [0.29, 0.717) is 29.0 Å². The lowest BCUT2D eigenvalue weighted by atomic mass is 9.90. The number of hydrogen-bond donors (Lipinski definition) is 2. The first-order valence-corrected chi connectivity index (χ1v) is 5.74. The smallest absolute Gasteiger partial charge is 0.174 e. The van der Waals surface area contributed by atoms with Crippen molar-refractivity contribution >= 4 is 28.9 Å². The van der Waals surface area contributed by atoms with Gasteiger partial charge in [0.2, 0.25) is 0 Å². The zero-order valence-corrected chi connectivity index (χ0v) is 10.8. The van der Waals surface area contributed by atoms with E-state index in [4.69, 9.17) is 28.3 Å². The molecular formula is C10H15Cl2N3O. The summed E-state index contributed by atoms with van der Waals surface area (Å²) in [5.41, 5.74) is 0.640. The summed E-state index contributed by atoms with van der Waals surface area (Å²) < 4.78 is 0. The van der Waals surface area contributed by atoms with Gasteiger partial charge in [-0.1, -0.05) is 37.0 Å². The molecule has 2 N–H and O–H groups in total. The van der Waals surface area contributed by atoms with E-state index in [1.165, 1.54) is 0 Å². The number of nitrogens with one attached hydrogen (secondary N) is 1. The number of anilines is 1. The van der Waals surface area contributed by atoms with E-state index < -0.39 is 0 Å². The monoisotopic (exact) mass is 263 g/mol. The van der Waals surface area contributed by atoms with Crippen LogP contribution in [0.2, 0.25) is 10.3 Å². The van der Waals surface area contributed by atoms with Crippen LogP contribution in [0.4, 0.5) is 5.69 Å². The Bertz CT molecular complexity index is 358. The molecule has 0 radical (unpaired) electrons. The Kier molecular flexibility index (Phi) is 4.77. The second-order valence-corrected chi connectivity index (χ2v) is 5.11. The first kappa shape index (κ1) is 13.5. The molecule has 0 saturated heterocycles. The highest BCUT2D eigenvalue weighted by atomic mass is 35.5. The van der Waals surface area contributed by atoms with Crippen molar-refractivity contribution in [2.24, 2.45) is 5.41 Å². The van der Waals surface area contributed by atoms with Crippen molar-refractivity contribution in [2.45, 2.75) is 20.3 Å². The molecule has 0 atom stereocenters. The molecule has 1 heterocycles. The molecule has 4 nitrogen and oxygen atoms in total. The SMILES string of the molecule is CC(C)(CCO)CNc1cc(Cl)nnc1Cl. The summed E-state index contributed by atoms with van der Waals surface area (Å²) in [5.74, 6) is 0. The van der Waals surface area contributed by atoms with Gasteiger partial charge < -0.3 is 10.4 Å². The molecule has 0 aliphatic carbocycles. The van der Waals surface area contributed by atoms with E-state index in [1.807, 2.05) is 0 Å². The van der Waals surface area contributed by atoms with Crippen molar-refractivity contribution < 1.29 is 5.11 Å². The lowest BCUT2D eigenvalue weighted by molar-refractivity contribution is 0.220. The van der Waals surface area contributed by atoms with Gasteiger partial charge in [0.05, 0.1) is 5.69 Å².